The van der Waals surface area contributed by atoms with Crippen molar-refractivity contribution in [2.24, 2.45) is 5.92 Å². The summed E-state index contributed by atoms with van der Waals surface area (Å²) in [7, 11) is 0. The van der Waals surface area contributed by atoms with Gasteiger partial charge in [-0.2, -0.15) is 0 Å². The molecule has 27 heavy (non-hydrogen) atoms. The van der Waals surface area contributed by atoms with Gasteiger partial charge < -0.3 is 19.3 Å². The highest BCUT2D eigenvalue weighted by molar-refractivity contribution is 5.75. The Balaban J connectivity index is 1.56. The number of carbonyl (C=O) groups excluding carboxylic acids is 1. The second kappa shape index (κ2) is 9.13. The zero-order chi connectivity index (χ0) is 19.2. The van der Waals surface area contributed by atoms with Crippen molar-refractivity contribution in [2.45, 2.75) is 51.5 Å². The highest BCUT2D eigenvalue weighted by atomic mass is 16.6. The zero-order valence-electron chi connectivity index (χ0n) is 15.7. The van der Waals surface area contributed by atoms with Crippen molar-refractivity contribution in [3.8, 4) is 0 Å². The molecule has 5 atom stereocenters. The van der Waals surface area contributed by atoms with Gasteiger partial charge in [-0.25, -0.2) is 4.79 Å². The minimum Gasteiger partial charge on any atom is -0.459 e. The van der Waals surface area contributed by atoms with Gasteiger partial charge in [0.2, 0.25) is 0 Å². The van der Waals surface area contributed by atoms with Gasteiger partial charge in [0.15, 0.2) is 6.10 Å². The van der Waals surface area contributed by atoms with Crippen LogP contribution >= 0.6 is 0 Å². The number of benzene rings is 2. The van der Waals surface area contributed by atoms with Crippen LogP contribution in [0.3, 0.4) is 0 Å². The summed E-state index contributed by atoms with van der Waals surface area (Å²) in [6.45, 7) is 4.31. The lowest BCUT2D eigenvalue weighted by Crippen LogP contribution is -2.56. The average Bonchev–Trinajstić information content (AvgIpc) is 2.70. The summed E-state index contributed by atoms with van der Waals surface area (Å²) >= 11 is 0. The summed E-state index contributed by atoms with van der Waals surface area (Å²) in [6.07, 6.45) is -2.62. The van der Waals surface area contributed by atoms with E-state index in [4.69, 9.17) is 14.2 Å². The molecule has 2 unspecified atom stereocenters. The fourth-order valence-corrected chi connectivity index (χ4v) is 3.35. The van der Waals surface area contributed by atoms with Crippen LogP contribution in [0.2, 0.25) is 0 Å². The third kappa shape index (κ3) is 4.95. The highest BCUT2D eigenvalue weighted by Gasteiger charge is 2.45. The van der Waals surface area contributed by atoms with Crippen molar-refractivity contribution in [3.63, 3.8) is 0 Å². The molecule has 0 aromatic heterocycles. The second-order valence-electron chi connectivity index (χ2n) is 6.97. The third-order valence-electron chi connectivity index (χ3n) is 4.93. The molecule has 144 valence electrons. The SMILES string of the molecule is C[C@@H]1OC(C(=O)OCc2ccccc2)[C@H](O)[C@H](C)C1OCc1ccccc1. The molecule has 1 heterocycles. The van der Waals surface area contributed by atoms with E-state index in [-0.39, 0.29) is 24.7 Å². The molecule has 2 aromatic rings. The zero-order valence-corrected chi connectivity index (χ0v) is 15.7. The van der Waals surface area contributed by atoms with Crippen LogP contribution in [-0.2, 0) is 32.2 Å². The van der Waals surface area contributed by atoms with Crippen LogP contribution in [0.15, 0.2) is 60.7 Å². The molecule has 1 saturated heterocycles. The predicted molar refractivity (Wildman–Crippen MR) is 101 cm³/mol. The van der Waals surface area contributed by atoms with Crippen LogP contribution < -0.4 is 0 Å². The van der Waals surface area contributed by atoms with Gasteiger partial charge in [0.05, 0.1) is 24.9 Å². The van der Waals surface area contributed by atoms with Gasteiger partial charge in [-0.3, -0.25) is 0 Å². The van der Waals surface area contributed by atoms with Gasteiger partial charge in [-0.15, -0.1) is 0 Å². The van der Waals surface area contributed by atoms with Gasteiger partial charge in [-0.05, 0) is 18.1 Å². The summed E-state index contributed by atoms with van der Waals surface area (Å²) in [6, 6.07) is 19.3. The van der Waals surface area contributed by atoms with Gasteiger partial charge in [0.1, 0.15) is 6.61 Å². The smallest absolute Gasteiger partial charge is 0.338 e. The third-order valence-corrected chi connectivity index (χ3v) is 4.93. The number of aliphatic hydroxyl groups is 1. The van der Waals surface area contributed by atoms with Gasteiger partial charge in [0, 0.05) is 5.92 Å². The minimum atomic E-state index is -1.00. The predicted octanol–water partition coefficient (Wildman–Crippen LogP) is 3.10. The molecule has 0 spiro atoms. The molecule has 1 aliphatic rings. The molecule has 2 aromatic carbocycles. The van der Waals surface area contributed by atoms with E-state index in [0.29, 0.717) is 6.61 Å². The summed E-state index contributed by atoms with van der Waals surface area (Å²) in [5.74, 6) is -0.807. The molecule has 0 amide bonds. The molecule has 5 nitrogen and oxygen atoms in total. The van der Waals surface area contributed by atoms with E-state index in [0.717, 1.165) is 11.1 Å². The number of esters is 1. The van der Waals surface area contributed by atoms with Crippen LogP contribution in [0, 0.1) is 5.92 Å². The quantitative estimate of drug-likeness (QED) is 0.792. The molecule has 1 fully saturated rings. The molecular weight excluding hydrogens is 344 g/mol. The first-order valence-corrected chi connectivity index (χ1v) is 9.26. The van der Waals surface area contributed by atoms with E-state index >= 15 is 0 Å². The first-order chi connectivity index (χ1) is 13.1. The van der Waals surface area contributed by atoms with Crippen molar-refractivity contribution in [1.82, 2.24) is 0 Å². The molecule has 3 rings (SSSR count). The van der Waals surface area contributed by atoms with Crippen molar-refractivity contribution in [3.05, 3.63) is 71.8 Å². The lowest BCUT2D eigenvalue weighted by molar-refractivity contribution is -0.220. The monoisotopic (exact) mass is 370 g/mol. The largest absolute Gasteiger partial charge is 0.459 e. The first kappa shape index (κ1) is 19.5. The number of aliphatic hydroxyl groups excluding tert-OH is 1. The Kier molecular flexibility index (Phi) is 6.61. The highest BCUT2D eigenvalue weighted by Crippen LogP contribution is 2.29. The van der Waals surface area contributed by atoms with Crippen molar-refractivity contribution in [2.75, 3.05) is 0 Å². The summed E-state index contributed by atoms with van der Waals surface area (Å²) < 4.78 is 17.1. The van der Waals surface area contributed by atoms with Crippen LogP contribution in [0.5, 0.6) is 0 Å². The molecule has 0 saturated carbocycles. The average molecular weight is 370 g/mol. The van der Waals surface area contributed by atoms with Crippen molar-refractivity contribution in [1.29, 1.82) is 0 Å². The molecule has 0 radical (unpaired) electrons. The van der Waals surface area contributed by atoms with E-state index in [1.807, 2.05) is 74.5 Å². The fraction of sp³-hybridized carbons (Fsp3) is 0.409. The second-order valence-corrected chi connectivity index (χ2v) is 6.97. The van der Waals surface area contributed by atoms with E-state index in [1.54, 1.807) is 0 Å². The molecule has 0 bridgehead atoms. The Bertz CT molecular complexity index is 718. The van der Waals surface area contributed by atoms with Gasteiger partial charge >= 0.3 is 5.97 Å². The number of carbonyl (C=O) groups is 1. The van der Waals surface area contributed by atoms with E-state index in [9.17, 15) is 9.90 Å². The Morgan fingerprint density at radius 3 is 2.11 bits per heavy atom. The Morgan fingerprint density at radius 2 is 1.52 bits per heavy atom. The summed E-state index contributed by atoms with van der Waals surface area (Å²) in [5.41, 5.74) is 1.94. The maximum absolute atomic E-state index is 12.4. The van der Waals surface area contributed by atoms with Gasteiger partial charge in [-0.1, -0.05) is 67.6 Å². The lowest BCUT2D eigenvalue weighted by atomic mass is 9.88. The Labute approximate surface area is 159 Å². The van der Waals surface area contributed by atoms with Crippen LogP contribution in [-0.4, -0.2) is 35.5 Å². The molecular formula is C22H26O5. The number of rotatable bonds is 6. The minimum absolute atomic E-state index is 0.156. The molecule has 1 aliphatic heterocycles. The standard InChI is InChI=1S/C22H26O5/c1-15-19(23)21(22(24)26-14-18-11-7-4-8-12-18)27-16(2)20(15)25-13-17-9-5-3-6-10-17/h3-12,15-16,19-21,23H,13-14H2,1-2H3/t15-,16-,19+,20?,21?/m0/s1. The summed E-state index contributed by atoms with van der Waals surface area (Å²) in [4.78, 5) is 12.4. The normalized spacial score (nSPS) is 27.9. The topological polar surface area (TPSA) is 65.0 Å². The van der Waals surface area contributed by atoms with Crippen LogP contribution in [0.25, 0.3) is 0 Å². The maximum atomic E-state index is 12.4. The molecule has 5 heteroatoms. The van der Waals surface area contributed by atoms with E-state index in [2.05, 4.69) is 0 Å². The van der Waals surface area contributed by atoms with Crippen molar-refractivity contribution >= 4 is 5.97 Å². The van der Waals surface area contributed by atoms with Crippen LogP contribution in [0.4, 0.5) is 0 Å². The van der Waals surface area contributed by atoms with Crippen LogP contribution in [0.1, 0.15) is 25.0 Å². The van der Waals surface area contributed by atoms with Crippen molar-refractivity contribution < 1.29 is 24.1 Å². The fourth-order valence-electron chi connectivity index (χ4n) is 3.35. The van der Waals surface area contributed by atoms with E-state index in [1.165, 1.54) is 0 Å². The lowest BCUT2D eigenvalue weighted by Gasteiger charge is -2.41. The molecule has 0 aliphatic carbocycles. The van der Waals surface area contributed by atoms with E-state index < -0.39 is 18.2 Å². The Morgan fingerprint density at radius 1 is 0.963 bits per heavy atom. The maximum Gasteiger partial charge on any atom is 0.338 e. The molecule has 1 N–H and O–H groups in total. The Hall–Kier alpha value is -2.21. The number of hydrogen-bond acceptors (Lipinski definition) is 5. The number of ether oxygens (including phenoxy) is 3. The van der Waals surface area contributed by atoms with Gasteiger partial charge in [0.25, 0.3) is 0 Å². The first-order valence-electron chi connectivity index (χ1n) is 9.26. The number of hydrogen-bond donors (Lipinski definition) is 1. The summed E-state index contributed by atoms with van der Waals surface area (Å²) in [5, 5.41) is 10.6.